The minimum Gasteiger partial charge on any atom is -0.368 e. The lowest BCUT2D eigenvalue weighted by molar-refractivity contribution is -0.118. The van der Waals surface area contributed by atoms with Gasteiger partial charge in [0.25, 0.3) is 0 Å². The summed E-state index contributed by atoms with van der Waals surface area (Å²) in [5.41, 5.74) is 4.71. The Morgan fingerprint density at radius 3 is 2.38 bits per heavy atom. The molecule has 1 rings (SSSR count). The molecule has 8 heavy (non-hydrogen) atoms. The van der Waals surface area contributed by atoms with Gasteiger partial charge in [-0.15, -0.1) is 11.6 Å². The number of carbonyl (C=O) groups excluding carboxylic acids is 1. The standard InChI is InChI=1S/C4H5ClFNO/c5-4(3(7)8)1-2(4)6/h2H,1H2,(H2,7,8). The molecule has 46 valence electrons. The number of hydrogen-bond donors (Lipinski definition) is 1. The first-order valence-corrected chi connectivity index (χ1v) is 2.58. The predicted octanol–water partition coefficient (Wildman–Crippen LogP) is 0.191. The molecule has 0 spiro atoms. The van der Waals surface area contributed by atoms with Gasteiger partial charge in [-0.05, 0) is 0 Å². The van der Waals surface area contributed by atoms with Crippen molar-refractivity contribution in [2.45, 2.75) is 17.5 Å². The smallest absolute Gasteiger partial charge is 0.241 e. The Balaban J connectivity index is 2.60. The van der Waals surface area contributed by atoms with E-state index < -0.39 is 17.0 Å². The normalized spacial score (nSPS) is 44.0. The Morgan fingerprint density at radius 1 is 2.00 bits per heavy atom. The maximum absolute atomic E-state index is 12.0. The molecule has 0 heterocycles. The number of hydrogen-bond acceptors (Lipinski definition) is 1. The fourth-order valence-electron chi connectivity index (χ4n) is 0.457. The van der Waals surface area contributed by atoms with Crippen molar-refractivity contribution in [1.82, 2.24) is 0 Å². The Labute approximate surface area is 50.8 Å². The van der Waals surface area contributed by atoms with Gasteiger partial charge in [-0.3, -0.25) is 4.79 Å². The lowest BCUT2D eigenvalue weighted by Gasteiger charge is -1.94. The van der Waals surface area contributed by atoms with Crippen LogP contribution in [0.2, 0.25) is 0 Å². The van der Waals surface area contributed by atoms with Gasteiger partial charge in [0.15, 0.2) is 4.87 Å². The summed E-state index contributed by atoms with van der Waals surface area (Å²) in [5, 5.41) is 0. The zero-order valence-corrected chi connectivity index (χ0v) is 4.78. The highest BCUT2D eigenvalue weighted by Gasteiger charge is 2.59. The summed E-state index contributed by atoms with van der Waals surface area (Å²) >= 11 is 5.28. The van der Waals surface area contributed by atoms with Gasteiger partial charge in [0.2, 0.25) is 5.91 Å². The Bertz CT molecular complexity index is 140. The number of nitrogens with two attached hydrogens (primary N) is 1. The lowest BCUT2D eigenvalue weighted by atomic mass is 10.4. The monoisotopic (exact) mass is 137 g/mol. The number of amides is 1. The molecule has 2 nitrogen and oxygen atoms in total. The lowest BCUT2D eigenvalue weighted by Crippen LogP contribution is -2.27. The van der Waals surface area contributed by atoms with Crippen LogP contribution < -0.4 is 5.73 Å². The van der Waals surface area contributed by atoms with Crippen LogP contribution in [-0.2, 0) is 4.79 Å². The molecule has 0 bridgehead atoms. The van der Waals surface area contributed by atoms with Gasteiger partial charge in [0, 0.05) is 6.42 Å². The molecule has 1 fully saturated rings. The largest absolute Gasteiger partial charge is 0.368 e. The van der Waals surface area contributed by atoms with E-state index in [0.717, 1.165) is 0 Å². The first-order valence-electron chi connectivity index (χ1n) is 2.20. The van der Waals surface area contributed by atoms with Gasteiger partial charge in [-0.25, -0.2) is 4.39 Å². The Kier molecular flexibility index (Phi) is 0.979. The quantitative estimate of drug-likeness (QED) is 0.515. The molecule has 1 amide bonds. The highest BCUT2D eigenvalue weighted by atomic mass is 35.5. The molecule has 1 saturated carbocycles. The third-order valence-corrected chi connectivity index (χ3v) is 1.80. The number of primary amides is 1. The maximum atomic E-state index is 12.0. The molecular formula is C4H5ClFNO. The summed E-state index contributed by atoms with van der Waals surface area (Å²) in [6, 6.07) is 0. The van der Waals surface area contributed by atoms with Crippen molar-refractivity contribution in [2.24, 2.45) is 5.73 Å². The number of carbonyl (C=O) groups is 1. The van der Waals surface area contributed by atoms with Crippen molar-refractivity contribution < 1.29 is 9.18 Å². The van der Waals surface area contributed by atoms with E-state index in [0.29, 0.717) is 0 Å². The van der Waals surface area contributed by atoms with E-state index in [1.54, 1.807) is 0 Å². The summed E-state index contributed by atoms with van der Waals surface area (Å²) < 4.78 is 12.0. The molecule has 2 atom stereocenters. The van der Waals surface area contributed by atoms with Crippen LogP contribution in [0.25, 0.3) is 0 Å². The minimum absolute atomic E-state index is 0.0733. The fraction of sp³-hybridized carbons (Fsp3) is 0.750. The summed E-state index contributed by atoms with van der Waals surface area (Å²) in [5.74, 6) is -0.758. The zero-order chi connectivity index (χ0) is 6.36. The average Bonchev–Trinajstić information content (AvgIpc) is 2.17. The SMILES string of the molecule is NC(=O)C1(Cl)CC1F. The van der Waals surface area contributed by atoms with Crippen LogP contribution >= 0.6 is 11.6 Å². The second-order valence-electron chi connectivity index (χ2n) is 1.90. The summed E-state index contributed by atoms with van der Waals surface area (Å²) in [7, 11) is 0. The summed E-state index contributed by atoms with van der Waals surface area (Å²) in [6.45, 7) is 0. The summed E-state index contributed by atoms with van der Waals surface area (Å²) in [4.78, 5) is 8.80. The van der Waals surface area contributed by atoms with Crippen LogP contribution in [0.1, 0.15) is 6.42 Å². The molecule has 1 aliphatic carbocycles. The molecule has 0 aliphatic heterocycles. The van der Waals surface area contributed by atoms with Crippen LogP contribution in [0.15, 0.2) is 0 Å². The predicted molar refractivity (Wildman–Crippen MR) is 27.3 cm³/mol. The van der Waals surface area contributed by atoms with E-state index in [1.807, 2.05) is 0 Å². The van der Waals surface area contributed by atoms with Crippen molar-refractivity contribution in [1.29, 1.82) is 0 Å². The average molecular weight is 138 g/mol. The molecule has 2 unspecified atom stereocenters. The molecule has 0 aromatic heterocycles. The van der Waals surface area contributed by atoms with Gasteiger partial charge < -0.3 is 5.73 Å². The van der Waals surface area contributed by atoms with Gasteiger partial charge in [-0.1, -0.05) is 0 Å². The van der Waals surface area contributed by atoms with Gasteiger partial charge in [-0.2, -0.15) is 0 Å². The van der Waals surface area contributed by atoms with Crippen molar-refractivity contribution >= 4 is 17.5 Å². The van der Waals surface area contributed by atoms with Gasteiger partial charge >= 0.3 is 0 Å². The molecule has 0 saturated heterocycles. The molecule has 0 aromatic rings. The summed E-state index contributed by atoms with van der Waals surface area (Å²) in [6.07, 6.45) is -1.15. The van der Waals surface area contributed by atoms with Crippen molar-refractivity contribution in [3.05, 3.63) is 0 Å². The van der Waals surface area contributed by atoms with E-state index >= 15 is 0 Å². The van der Waals surface area contributed by atoms with E-state index in [2.05, 4.69) is 0 Å². The molecule has 0 radical (unpaired) electrons. The second kappa shape index (κ2) is 1.35. The van der Waals surface area contributed by atoms with Crippen LogP contribution in [0.5, 0.6) is 0 Å². The Morgan fingerprint density at radius 2 is 2.38 bits per heavy atom. The topological polar surface area (TPSA) is 43.1 Å². The van der Waals surface area contributed by atoms with Crippen LogP contribution in [-0.4, -0.2) is 17.0 Å². The van der Waals surface area contributed by atoms with E-state index in [1.165, 1.54) is 0 Å². The van der Waals surface area contributed by atoms with Crippen LogP contribution in [0.4, 0.5) is 4.39 Å². The minimum atomic E-state index is -1.35. The number of halogens is 2. The first kappa shape index (κ1) is 5.82. The molecule has 4 heteroatoms. The molecular weight excluding hydrogens is 133 g/mol. The zero-order valence-electron chi connectivity index (χ0n) is 4.03. The number of rotatable bonds is 1. The maximum Gasteiger partial charge on any atom is 0.241 e. The third-order valence-electron chi connectivity index (χ3n) is 1.22. The second-order valence-corrected chi connectivity index (χ2v) is 2.57. The third kappa shape index (κ3) is 0.580. The first-order chi connectivity index (χ1) is 3.57. The van der Waals surface area contributed by atoms with Crippen LogP contribution in [0.3, 0.4) is 0 Å². The van der Waals surface area contributed by atoms with Gasteiger partial charge in [0.1, 0.15) is 6.17 Å². The Hall–Kier alpha value is -0.310. The van der Waals surface area contributed by atoms with E-state index in [9.17, 15) is 9.18 Å². The number of alkyl halides is 2. The fourth-order valence-corrected chi connectivity index (χ4v) is 0.592. The van der Waals surface area contributed by atoms with Crippen LogP contribution in [0, 0.1) is 0 Å². The van der Waals surface area contributed by atoms with Crippen molar-refractivity contribution in [3.63, 3.8) is 0 Å². The van der Waals surface area contributed by atoms with Crippen molar-refractivity contribution in [3.8, 4) is 0 Å². The highest BCUT2D eigenvalue weighted by molar-refractivity contribution is 6.37. The van der Waals surface area contributed by atoms with Gasteiger partial charge in [0.05, 0.1) is 0 Å². The molecule has 2 N–H and O–H groups in total. The highest BCUT2D eigenvalue weighted by Crippen LogP contribution is 2.45. The molecule has 1 aliphatic rings. The van der Waals surface area contributed by atoms with E-state index in [4.69, 9.17) is 17.3 Å². The van der Waals surface area contributed by atoms with E-state index in [-0.39, 0.29) is 6.42 Å². The van der Waals surface area contributed by atoms with Crippen molar-refractivity contribution in [2.75, 3.05) is 0 Å². The molecule has 0 aromatic carbocycles.